The standard InChI is InChI=1S/C16H20N2O2S/c1-3-5-15-12(7-9-20-15)16(19)18-8-4-6-14(18)13-10-21-11(2)17-13/h7,9-10,14H,3-6,8H2,1-2H3/t14-/m1/s1. The number of likely N-dealkylation sites (tertiary alicyclic amines) is 1. The predicted molar refractivity (Wildman–Crippen MR) is 82.6 cm³/mol. The van der Waals surface area contributed by atoms with Gasteiger partial charge in [-0.3, -0.25) is 4.79 Å². The molecule has 4 nitrogen and oxygen atoms in total. The maximum Gasteiger partial charge on any atom is 0.257 e. The fourth-order valence-corrected chi connectivity index (χ4v) is 3.62. The highest BCUT2D eigenvalue weighted by atomic mass is 32.1. The summed E-state index contributed by atoms with van der Waals surface area (Å²) in [6.45, 7) is 4.90. The number of hydrogen-bond donors (Lipinski definition) is 0. The van der Waals surface area contributed by atoms with Crippen LogP contribution < -0.4 is 0 Å². The van der Waals surface area contributed by atoms with Crippen LogP contribution in [0.25, 0.3) is 0 Å². The molecular weight excluding hydrogens is 284 g/mol. The molecule has 0 radical (unpaired) electrons. The maximum absolute atomic E-state index is 12.8. The van der Waals surface area contributed by atoms with Gasteiger partial charge < -0.3 is 9.32 Å². The Morgan fingerprint density at radius 3 is 3.14 bits per heavy atom. The summed E-state index contributed by atoms with van der Waals surface area (Å²) < 4.78 is 5.47. The molecule has 1 atom stereocenters. The van der Waals surface area contributed by atoms with E-state index < -0.39 is 0 Å². The first kappa shape index (κ1) is 14.3. The minimum atomic E-state index is 0.0837. The van der Waals surface area contributed by atoms with Crippen molar-refractivity contribution in [1.82, 2.24) is 9.88 Å². The van der Waals surface area contributed by atoms with Crippen molar-refractivity contribution in [3.05, 3.63) is 39.7 Å². The van der Waals surface area contributed by atoms with E-state index in [1.54, 1.807) is 23.7 Å². The van der Waals surface area contributed by atoms with Gasteiger partial charge in [0.25, 0.3) is 5.91 Å². The number of furan rings is 1. The topological polar surface area (TPSA) is 46.3 Å². The second-order valence-electron chi connectivity index (χ2n) is 5.46. The summed E-state index contributed by atoms with van der Waals surface area (Å²) in [4.78, 5) is 19.4. The van der Waals surface area contributed by atoms with Gasteiger partial charge in [0.1, 0.15) is 5.76 Å². The molecule has 3 rings (SSSR count). The Morgan fingerprint density at radius 1 is 1.57 bits per heavy atom. The van der Waals surface area contributed by atoms with E-state index in [0.29, 0.717) is 0 Å². The SMILES string of the molecule is CCCc1occc1C(=O)N1CCC[C@@H]1c1csc(C)n1. The fraction of sp³-hybridized carbons (Fsp3) is 0.500. The fourth-order valence-electron chi connectivity index (χ4n) is 2.96. The molecule has 1 aliphatic rings. The van der Waals surface area contributed by atoms with Crippen LogP contribution in [0.3, 0.4) is 0 Å². The molecule has 112 valence electrons. The molecule has 0 aromatic carbocycles. The summed E-state index contributed by atoms with van der Waals surface area (Å²) in [5.74, 6) is 0.892. The summed E-state index contributed by atoms with van der Waals surface area (Å²) in [5, 5.41) is 3.13. The van der Waals surface area contributed by atoms with Crippen molar-refractivity contribution in [2.24, 2.45) is 0 Å². The van der Waals surface area contributed by atoms with E-state index in [9.17, 15) is 4.79 Å². The van der Waals surface area contributed by atoms with E-state index in [4.69, 9.17) is 4.42 Å². The molecule has 1 amide bonds. The highest BCUT2D eigenvalue weighted by Crippen LogP contribution is 2.34. The Bertz CT molecular complexity index is 632. The molecule has 0 bridgehead atoms. The monoisotopic (exact) mass is 304 g/mol. The van der Waals surface area contributed by atoms with Crippen LogP contribution in [0.15, 0.2) is 22.1 Å². The molecular formula is C16H20N2O2S. The molecule has 0 saturated carbocycles. The summed E-state index contributed by atoms with van der Waals surface area (Å²) >= 11 is 1.65. The molecule has 5 heteroatoms. The van der Waals surface area contributed by atoms with Gasteiger partial charge in [0.15, 0.2) is 0 Å². The number of aromatic nitrogens is 1. The number of carbonyl (C=O) groups is 1. The first-order valence-electron chi connectivity index (χ1n) is 7.50. The minimum absolute atomic E-state index is 0.0837. The van der Waals surface area contributed by atoms with Crippen molar-refractivity contribution < 1.29 is 9.21 Å². The van der Waals surface area contributed by atoms with Gasteiger partial charge >= 0.3 is 0 Å². The highest BCUT2D eigenvalue weighted by Gasteiger charge is 2.33. The first-order valence-corrected chi connectivity index (χ1v) is 8.38. The quantitative estimate of drug-likeness (QED) is 0.858. The number of rotatable bonds is 4. The lowest BCUT2D eigenvalue weighted by Crippen LogP contribution is -2.31. The Morgan fingerprint density at radius 2 is 2.43 bits per heavy atom. The highest BCUT2D eigenvalue weighted by molar-refractivity contribution is 7.09. The van der Waals surface area contributed by atoms with Crippen LogP contribution in [0.5, 0.6) is 0 Å². The second-order valence-corrected chi connectivity index (χ2v) is 6.52. The van der Waals surface area contributed by atoms with Gasteiger partial charge in [-0.05, 0) is 32.3 Å². The van der Waals surface area contributed by atoms with Gasteiger partial charge in [0.2, 0.25) is 0 Å². The molecule has 2 aromatic rings. The lowest BCUT2D eigenvalue weighted by atomic mass is 10.1. The van der Waals surface area contributed by atoms with Crippen LogP contribution in [-0.2, 0) is 6.42 Å². The predicted octanol–water partition coefficient (Wildman–Crippen LogP) is 3.97. The molecule has 0 spiro atoms. The van der Waals surface area contributed by atoms with Crippen molar-refractivity contribution in [3.63, 3.8) is 0 Å². The van der Waals surface area contributed by atoms with E-state index in [2.05, 4.69) is 17.3 Å². The van der Waals surface area contributed by atoms with Crippen molar-refractivity contribution in [1.29, 1.82) is 0 Å². The molecule has 0 N–H and O–H groups in total. The molecule has 3 heterocycles. The second kappa shape index (κ2) is 6.02. The number of thiazole rings is 1. The summed E-state index contributed by atoms with van der Waals surface area (Å²) in [6.07, 6.45) is 5.44. The Labute approximate surface area is 128 Å². The zero-order chi connectivity index (χ0) is 14.8. The number of hydrogen-bond acceptors (Lipinski definition) is 4. The molecule has 1 saturated heterocycles. The Hall–Kier alpha value is -1.62. The van der Waals surface area contributed by atoms with Crippen molar-refractivity contribution in [2.45, 2.75) is 45.6 Å². The van der Waals surface area contributed by atoms with Crippen molar-refractivity contribution in [3.8, 4) is 0 Å². The van der Waals surface area contributed by atoms with Crippen molar-refractivity contribution >= 4 is 17.2 Å². The molecule has 21 heavy (non-hydrogen) atoms. The third-order valence-corrected chi connectivity index (χ3v) is 4.74. The van der Waals surface area contributed by atoms with E-state index in [1.165, 1.54) is 0 Å². The molecule has 1 fully saturated rings. The average molecular weight is 304 g/mol. The zero-order valence-electron chi connectivity index (χ0n) is 12.5. The lowest BCUT2D eigenvalue weighted by molar-refractivity contribution is 0.0731. The van der Waals surface area contributed by atoms with Gasteiger partial charge in [0.05, 0.1) is 28.6 Å². The molecule has 0 unspecified atom stereocenters. The maximum atomic E-state index is 12.8. The third-order valence-electron chi connectivity index (χ3n) is 3.94. The zero-order valence-corrected chi connectivity index (χ0v) is 13.3. The van der Waals surface area contributed by atoms with Gasteiger partial charge in [-0.1, -0.05) is 6.92 Å². The van der Waals surface area contributed by atoms with Gasteiger partial charge in [-0.15, -0.1) is 11.3 Å². The van der Waals surface area contributed by atoms with Crippen LogP contribution in [0.4, 0.5) is 0 Å². The molecule has 0 aliphatic carbocycles. The van der Waals surface area contributed by atoms with Crippen LogP contribution in [0, 0.1) is 6.92 Å². The lowest BCUT2D eigenvalue weighted by Gasteiger charge is -2.23. The first-order chi connectivity index (χ1) is 10.2. The van der Waals surface area contributed by atoms with Crippen LogP contribution in [0.2, 0.25) is 0 Å². The third kappa shape index (κ3) is 2.75. The van der Waals surface area contributed by atoms with E-state index in [0.717, 1.165) is 54.3 Å². The number of aryl methyl sites for hydroxylation is 2. The van der Waals surface area contributed by atoms with Crippen LogP contribution in [0.1, 0.15) is 59.0 Å². The van der Waals surface area contributed by atoms with Crippen molar-refractivity contribution in [2.75, 3.05) is 6.54 Å². The Balaban J connectivity index is 1.84. The average Bonchev–Trinajstić information content (AvgIpc) is 3.17. The van der Waals surface area contributed by atoms with Crippen LogP contribution in [-0.4, -0.2) is 22.3 Å². The van der Waals surface area contributed by atoms with E-state index in [1.807, 2.05) is 11.8 Å². The van der Waals surface area contributed by atoms with Gasteiger partial charge in [-0.25, -0.2) is 4.98 Å². The summed E-state index contributed by atoms with van der Waals surface area (Å²) in [6, 6.07) is 1.92. The number of nitrogens with zero attached hydrogens (tertiary/aromatic N) is 2. The summed E-state index contributed by atoms with van der Waals surface area (Å²) in [7, 11) is 0. The number of carbonyl (C=O) groups excluding carboxylic acids is 1. The molecule has 1 aliphatic heterocycles. The minimum Gasteiger partial charge on any atom is -0.469 e. The van der Waals surface area contributed by atoms with Gasteiger partial charge in [0, 0.05) is 18.3 Å². The Kier molecular flexibility index (Phi) is 4.10. The largest absolute Gasteiger partial charge is 0.469 e. The molecule has 2 aromatic heterocycles. The van der Waals surface area contributed by atoms with E-state index in [-0.39, 0.29) is 11.9 Å². The smallest absolute Gasteiger partial charge is 0.257 e. The normalized spacial score (nSPS) is 18.4. The summed E-state index contributed by atoms with van der Waals surface area (Å²) in [5.41, 5.74) is 1.75. The van der Waals surface area contributed by atoms with E-state index >= 15 is 0 Å². The van der Waals surface area contributed by atoms with Crippen LogP contribution >= 0.6 is 11.3 Å². The van der Waals surface area contributed by atoms with Gasteiger partial charge in [-0.2, -0.15) is 0 Å². The number of amides is 1.